The monoisotopic (exact) mass is 474 g/mol. The van der Waals surface area contributed by atoms with Crippen molar-refractivity contribution in [2.75, 3.05) is 31.2 Å². The van der Waals surface area contributed by atoms with Crippen LogP contribution in [0.3, 0.4) is 0 Å². The number of rotatable bonds is 2. The Hall–Kier alpha value is -2.22. The predicted molar refractivity (Wildman–Crippen MR) is 117 cm³/mol. The van der Waals surface area contributed by atoms with E-state index >= 15 is 0 Å². The first-order valence-corrected chi connectivity index (χ1v) is 10.5. The Balaban J connectivity index is 1.80. The molecule has 1 saturated heterocycles. The lowest BCUT2D eigenvalue weighted by Gasteiger charge is -2.29. The van der Waals surface area contributed by atoms with Gasteiger partial charge in [0.15, 0.2) is 0 Å². The minimum absolute atomic E-state index is 0.364. The van der Waals surface area contributed by atoms with Crippen LogP contribution in [0, 0.1) is 12.7 Å². The maximum Gasteiger partial charge on any atom is 0.134 e. The second-order valence-electron chi connectivity index (χ2n) is 6.97. The van der Waals surface area contributed by atoms with E-state index in [0.29, 0.717) is 34.8 Å². The highest BCUT2D eigenvalue weighted by Gasteiger charge is 2.20. The van der Waals surface area contributed by atoms with Crippen LogP contribution in [0.15, 0.2) is 41.0 Å². The summed E-state index contributed by atoms with van der Waals surface area (Å²) >= 11 is 9.96. The Morgan fingerprint density at radius 1 is 1.14 bits per heavy atom. The first-order valence-electron chi connectivity index (χ1n) is 9.29. The molecular formula is C21H17BrClFN4O. The molecule has 2 aromatic heterocycles. The van der Waals surface area contributed by atoms with Crippen LogP contribution in [0.25, 0.3) is 27.6 Å². The third-order valence-electron chi connectivity index (χ3n) is 5.25. The third kappa shape index (κ3) is 3.08. The van der Waals surface area contributed by atoms with Crippen LogP contribution in [0.1, 0.15) is 5.82 Å². The van der Waals surface area contributed by atoms with Gasteiger partial charge in [0.2, 0.25) is 0 Å². The Morgan fingerprint density at radius 2 is 1.93 bits per heavy atom. The lowest BCUT2D eigenvalue weighted by Crippen LogP contribution is -2.36. The molecule has 0 bridgehead atoms. The second kappa shape index (κ2) is 7.23. The average molecular weight is 476 g/mol. The fourth-order valence-corrected chi connectivity index (χ4v) is 4.64. The Morgan fingerprint density at radius 3 is 2.72 bits per heavy atom. The number of imidazole rings is 1. The molecule has 0 spiro atoms. The zero-order valence-electron chi connectivity index (χ0n) is 15.6. The zero-order chi connectivity index (χ0) is 20.1. The lowest BCUT2D eigenvalue weighted by atomic mass is 10.1. The quantitative estimate of drug-likeness (QED) is 0.396. The number of hydrogen-bond acceptors (Lipinski definition) is 4. The molecule has 0 saturated carbocycles. The van der Waals surface area contributed by atoms with Crippen LogP contribution in [-0.4, -0.2) is 40.8 Å². The number of benzene rings is 2. The molecule has 0 atom stereocenters. The molecule has 3 heterocycles. The summed E-state index contributed by atoms with van der Waals surface area (Å²) in [5.74, 6) is 0.392. The molecule has 5 nitrogen and oxygen atoms in total. The smallest absolute Gasteiger partial charge is 0.134 e. The van der Waals surface area contributed by atoms with Crippen LogP contribution in [0.2, 0.25) is 5.02 Å². The molecular weight excluding hydrogens is 459 g/mol. The summed E-state index contributed by atoms with van der Waals surface area (Å²) in [4.78, 5) is 11.3. The van der Waals surface area contributed by atoms with Gasteiger partial charge in [-0.15, -0.1) is 0 Å². The number of fused-ring (bicyclic) bond motifs is 2. The molecule has 148 valence electrons. The summed E-state index contributed by atoms with van der Waals surface area (Å²) in [6.07, 6.45) is 1.65. The van der Waals surface area contributed by atoms with Crippen LogP contribution in [0.5, 0.6) is 0 Å². The van der Waals surface area contributed by atoms with Gasteiger partial charge in [0.25, 0.3) is 0 Å². The van der Waals surface area contributed by atoms with Crippen molar-refractivity contribution in [1.82, 2.24) is 14.5 Å². The first kappa shape index (κ1) is 18.8. The van der Waals surface area contributed by atoms with E-state index in [-0.39, 0.29) is 5.82 Å². The highest BCUT2D eigenvalue weighted by atomic mass is 79.9. The SMILES string of the molecule is Cc1nc2c(Br)cc(N3CCOCC3)cc2n1-c1ccnc2c(Cl)ccc(F)c12. The fourth-order valence-electron chi connectivity index (χ4n) is 3.91. The van der Waals surface area contributed by atoms with E-state index in [1.54, 1.807) is 12.3 Å². The van der Waals surface area contributed by atoms with Crippen molar-refractivity contribution in [3.05, 3.63) is 57.7 Å². The molecule has 5 rings (SSSR count). The van der Waals surface area contributed by atoms with Crippen molar-refractivity contribution in [3.63, 3.8) is 0 Å². The molecule has 0 amide bonds. The zero-order valence-corrected chi connectivity index (χ0v) is 18.0. The van der Waals surface area contributed by atoms with Crippen LogP contribution >= 0.6 is 27.5 Å². The fraction of sp³-hybridized carbons (Fsp3) is 0.238. The number of anilines is 1. The van der Waals surface area contributed by atoms with Gasteiger partial charge in [-0.3, -0.25) is 9.55 Å². The van der Waals surface area contributed by atoms with E-state index in [9.17, 15) is 4.39 Å². The third-order valence-corrected chi connectivity index (χ3v) is 6.16. The number of ether oxygens (including phenoxy) is 1. The summed E-state index contributed by atoms with van der Waals surface area (Å²) in [5.41, 5.74) is 3.90. The predicted octanol–water partition coefficient (Wildman–Crippen LogP) is 5.27. The minimum Gasteiger partial charge on any atom is -0.378 e. The van der Waals surface area contributed by atoms with Crippen molar-refractivity contribution in [3.8, 4) is 5.69 Å². The summed E-state index contributed by atoms with van der Waals surface area (Å²) in [7, 11) is 0. The molecule has 0 radical (unpaired) electrons. The number of hydrogen-bond donors (Lipinski definition) is 0. The number of pyridine rings is 1. The molecule has 1 aliphatic rings. The highest BCUT2D eigenvalue weighted by molar-refractivity contribution is 9.10. The van der Waals surface area contributed by atoms with Crippen LogP contribution in [-0.2, 0) is 4.74 Å². The molecule has 0 aliphatic carbocycles. The molecule has 2 aromatic carbocycles. The number of aryl methyl sites for hydroxylation is 1. The van der Waals surface area contributed by atoms with Gasteiger partial charge in [-0.2, -0.15) is 0 Å². The normalized spacial score (nSPS) is 14.8. The topological polar surface area (TPSA) is 43.2 Å². The molecule has 1 aliphatic heterocycles. The van der Waals surface area contributed by atoms with Crippen molar-refractivity contribution in [2.45, 2.75) is 6.92 Å². The molecule has 1 fully saturated rings. The van der Waals surface area contributed by atoms with Gasteiger partial charge in [0.1, 0.15) is 17.2 Å². The molecule has 4 aromatic rings. The number of morpholine rings is 1. The van der Waals surface area contributed by atoms with Gasteiger partial charge in [0.05, 0.1) is 40.3 Å². The molecule has 8 heteroatoms. The van der Waals surface area contributed by atoms with Crippen molar-refractivity contribution >= 4 is 55.2 Å². The maximum atomic E-state index is 14.8. The van der Waals surface area contributed by atoms with Crippen molar-refractivity contribution in [2.24, 2.45) is 0 Å². The standard InChI is InChI=1S/C21H17BrClFN4O/c1-12-26-20-14(22)10-13(27-6-8-29-9-7-27)11-18(20)28(12)17-4-5-25-21-15(23)2-3-16(24)19(17)21/h2-5,10-11H,6-9H2,1H3. The number of halogens is 3. The lowest BCUT2D eigenvalue weighted by molar-refractivity contribution is 0.122. The van der Waals surface area contributed by atoms with Crippen LogP contribution < -0.4 is 4.90 Å². The molecule has 0 unspecified atom stereocenters. The Labute approximate surface area is 180 Å². The highest BCUT2D eigenvalue weighted by Crippen LogP contribution is 2.35. The number of aromatic nitrogens is 3. The Kier molecular flexibility index (Phi) is 4.69. The van der Waals surface area contributed by atoms with Crippen molar-refractivity contribution in [1.29, 1.82) is 0 Å². The summed E-state index contributed by atoms with van der Waals surface area (Å²) in [6.45, 7) is 4.97. The Bertz CT molecular complexity index is 1250. The summed E-state index contributed by atoms with van der Waals surface area (Å²) in [5, 5.41) is 0.802. The van der Waals surface area contributed by atoms with E-state index < -0.39 is 0 Å². The van der Waals surface area contributed by atoms with Gasteiger partial charge < -0.3 is 9.64 Å². The van der Waals surface area contributed by atoms with Gasteiger partial charge in [-0.05, 0) is 53.2 Å². The number of nitrogens with zero attached hydrogens (tertiary/aromatic N) is 4. The maximum absolute atomic E-state index is 14.8. The van der Waals surface area contributed by atoms with Gasteiger partial charge in [-0.1, -0.05) is 11.6 Å². The molecule has 29 heavy (non-hydrogen) atoms. The van der Waals surface area contributed by atoms with Gasteiger partial charge >= 0.3 is 0 Å². The van der Waals surface area contributed by atoms with E-state index in [2.05, 4.69) is 37.9 Å². The largest absolute Gasteiger partial charge is 0.378 e. The second-order valence-corrected chi connectivity index (χ2v) is 8.23. The van der Waals surface area contributed by atoms with Gasteiger partial charge in [0, 0.05) is 29.4 Å². The molecule has 0 N–H and O–H groups in total. The average Bonchev–Trinajstić information content (AvgIpc) is 3.07. The van der Waals surface area contributed by atoms with Crippen LogP contribution in [0.4, 0.5) is 10.1 Å². The van der Waals surface area contributed by atoms with Crippen molar-refractivity contribution < 1.29 is 9.13 Å². The van der Waals surface area contributed by atoms with E-state index in [4.69, 9.17) is 21.3 Å². The van der Waals surface area contributed by atoms with E-state index in [1.165, 1.54) is 12.1 Å². The van der Waals surface area contributed by atoms with E-state index in [1.807, 2.05) is 11.5 Å². The first-order chi connectivity index (χ1) is 14.0. The van der Waals surface area contributed by atoms with Gasteiger partial charge in [-0.25, -0.2) is 9.37 Å². The summed E-state index contributed by atoms with van der Waals surface area (Å²) in [6, 6.07) is 8.87. The van der Waals surface area contributed by atoms with E-state index in [0.717, 1.165) is 40.1 Å². The minimum atomic E-state index is -0.364. The summed E-state index contributed by atoms with van der Waals surface area (Å²) < 4.78 is 23.2.